The van der Waals surface area contributed by atoms with Gasteiger partial charge in [0.1, 0.15) is 11.5 Å². The lowest BCUT2D eigenvalue weighted by molar-refractivity contribution is -0.130. The second-order valence-electron chi connectivity index (χ2n) is 5.51. The van der Waals surface area contributed by atoms with Crippen molar-refractivity contribution in [3.05, 3.63) is 42.4 Å². The quantitative estimate of drug-likeness (QED) is 0.901. The van der Waals surface area contributed by atoms with Crippen molar-refractivity contribution in [2.45, 2.75) is 18.9 Å². The highest BCUT2D eigenvalue weighted by Crippen LogP contribution is 2.31. The molecule has 1 aromatic carbocycles. The predicted octanol–water partition coefficient (Wildman–Crippen LogP) is 1.90. The summed E-state index contributed by atoms with van der Waals surface area (Å²) >= 11 is 0. The highest BCUT2D eigenvalue weighted by molar-refractivity contribution is 5.78. The number of hydrogen-bond donors (Lipinski definition) is 1. The normalized spacial score (nSPS) is 16.9. The summed E-state index contributed by atoms with van der Waals surface area (Å²) in [5.41, 5.74) is 6.21. The number of aromatic nitrogens is 2. The fourth-order valence-corrected chi connectivity index (χ4v) is 2.83. The number of likely N-dealkylation sites (tertiary alicyclic amines) is 1. The van der Waals surface area contributed by atoms with Gasteiger partial charge in [0, 0.05) is 6.54 Å². The number of carbonyl (C=O) groups excluding carboxylic acids is 1. The van der Waals surface area contributed by atoms with Gasteiger partial charge in [-0.15, -0.1) is 0 Å². The molecule has 24 heavy (non-hydrogen) atoms. The van der Waals surface area contributed by atoms with Gasteiger partial charge >= 0.3 is 0 Å². The van der Waals surface area contributed by atoms with Crippen LogP contribution in [0.3, 0.4) is 0 Å². The molecule has 1 unspecified atom stereocenters. The fourth-order valence-electron chi connectivity index (χ4n) is 2.83. The van der Waals surface area contributed by atoms with Crippen LogP contribution in [0.4, 0.5) is 0 Å². The van der Waals surface area contributed by atoms with Gasteiger partial charge in [-0.1, -0.05) is 0 Å². The number of benzene rings is 1. The second-order valence-corrected chi connectivity index (χ2v) is 5.51. The fraction of sp³-hybridized carbons (Fsp3) is 0.353. The molecule has 0 radical (unpaired) electrons. The summed E-state index contributed by atoms with van der Waals surface area (Å²) in [5, 5.41) is 0. The van der Waals surface area contributed by atoms with E-state index in [2.05, 4.69) is 9.97 Å². The average molecular weight is 328 g/mol. The van der Waals surface area contributed by atoms with Gasteiger partial charge in [0.15, 0.2) is 0 Å². The first-order valence-corrected chi connectivity index (χ1v) is 7.84. The molecule has 2 heterocycles. The van der Waals surface area contributed by atoms with Gasteiger partial charge in [-0.2, -0.15) is 0 Å². The van der Waals surface area contributed by atoms with E-state index in [1.54, 1.807) is 36.5 Å². The van der Waals surface area contributed by atoms with Crippen LogP contribution in [0.25, 0.3) is 0 Å². The Hall–Kier alpha value is -2.67. The second kappa shape index (κ2) is 7.27. The average Bonchev–Trinajstić information content (AvgIpc) is 3.12. The van der Waals surface area contributed by atoms with E-state index in [9.17, 15) is 4.79 Å². The van der Waals surface area contributed by atoms with Gasteiger partial charge in [0.25, 0.3) is 0 Å². The number of hydrogen-bond acceptors (Lipinski definition) is 6. The molecule has 7 nitrogen and oxygen atoms in total. The number of nitrogens with zero attached hydrogens (tertiary/aromatic N) is 3. The van der Waals surface area contributed by atoms with Crippen LogP contribution in [-0.4, -0.2) is 41.0 Å². The van der Waals surface area contributed by atoms with E-state index in [0.29, 0.717) is 18.2 Å². The van der Waals surface area contributed by atoms with Gasteiger partial charge in [-0.25, -0.2) is 4.98 Å². The van der Waals surface area contributed by atoms with Crippen LogP contribution in [-0.2, 0) is 4.79 Å². The van der Waals surface area contributed by atoms with E-state index in [-0.39, 0.29) is 18.5 Å². The predicted molar refractivity (Wildman–Crippen MR) is 87.8 cm³/mol. The van der Waals surface area contributed by atoms with E-state index in [0.717, 1.165) is 24.3 Å². The van der Waals surface area contributed by atoms with Crippen molar-refractivity contribution >= 4 is 5.91 Å². The first-order chi connectivity index (χ1) is 11.7. The zero-order valence-electron chi connectivity index (χ0n) is 13.5. The van der Waals surface area contributed by atoms with Crippen molar-refractivity contribution in [3.63, 3.8) is 0 Å². The third kappa shape index (κ3) is 3.46. The van der Waals surface area contributed by atoms with E-state index in [1.807, 2.05) is 12.1 Å². The molecule has 1 aliphatic rings. The van der Waals surface area contributed by atoms with Crippen LogP contribution in [0.5, 0.6) is 17.4 Å². The molecule has 2 N–H and O–H groups in total. The minimum atomic E-state index is -0.0898. The molecule has 2 aromatic rings. The summed E-state index contributed by atoms with van der Waals surface area (Å²) in [6.07, 6.45) is 5.01. The molecular formula is C17H20N4O3. The minimum absolute atomic E-state index is 0.00592. The van der Waals surface area contributed by atoms with Crippen molar-refractivity contribution in [3.8, 4) is 17.4 Å². The number of ether oxygens (including phenoxy) is 2. The maximum Gasteiger partial charge on any atom is 0.238 e. The summed E-state index contributed by atoms with van der Waals surface area (Å²) in [5.74, 6) is 1.72. The first kappa shape index (κ1) is 16.2. The Labute approximate surface area is 140 Å². The summed E-state index contributed by atoms with van der Waals surface area (Å²) in [6.45, 7) is 0.706. The summed E-state index contributed by atoms with van der Waals surface area (Å²) in [6, 6.07) is 7.13. The molecule has 126 valence electrons. The maximum absolute atomic E-state index is 11.9. The summed E-state index contributed by atoms with van der Waals surface area (Å²) in [4.78, 5) is 22.4. The maximum atomic E-state index is 11.9. The van der Waals surface area contributed by atoms with Crippen molar-refractivity contribution in [2.75, 3.05) is 20.2 Å². The van der Waals surface area contributed by atoms with Gasteiger partial charge in [0.05, 0.1) is 37.8 Å². The Morgan fingerprint density at radius 1 is 1.29 bits per heavy atom. The van der Waals surface area contributed by atoms with Crippen LogP contribution in [0.2, 0.25) is 0 Å². The molecular weight excluding hydrogens is 308 g/mol. The molecule has 0 bridgehead atoms. The molecule has 7 heteroatoms. The lowest BCUT2D eigenvalue weighted by atomic mass is 10.1. The van der Waals surface area contributed by atoms with E-state index < -0.39 is 0 Å². The molecule has 1 fully saturated rings. The number of amides is 1. The van der Waals surface area contributed by atoms with Crippen molar-refractivity contribution < 1.29 is 14.3 Å². The molecule has 1 aromatic heterocycles. The summed E-state index contributed by atoms with van der Waals surface area (Å²) < 4.78 is 10.9. The Balaban J connectivity index is 1.77. The third-order valence-electron chi connectivity index (χ3n) is 4.00. The molecule has 1 saturated heterocycles. The van der Waals surface area contributed by atoms with Gasteiger partial charge in [-0.05, 0) is 37.1 Å². The molecule has 1 atom stereocenters. The monoisotopic (exact) mass is 328 g/mol. The number of nitrogens with two attached hydrogens (primary N) is 1. The van der Waals surface area contributed by atoms with Crippen LogP contribution in [0.15, 0.2) is 36.7 Å². The van der Waals surface area contributed by atoms with E-state index in [1.165, 1.54) is 0 Å². The Bertz CT molecular complexity index is 705. The molecule has 0 aliphatic carbocycles. The number of rotatable bonds is 5. The smallest absolute Gasteiger partial charge is 0.238 e. The Kier molecular flexibility index (Phi) is 4.90. The zero-order valence-corrected chi connectivity index (χ0v) is 13.5. The van der Waals surface area contributed by atoms with Crippen molar-refractivity contribution in [1.29, 1.82) is 0 Å². The molecule has 1 aliphatic heterocycles. The molecule has 0 spiro atoms. The van der Waals surface area contributed by atoms with Crippen LogP contribution >= 0.6 is 0 Å². The SMILES string of the molecule is COc1ccc(Oc2cncc(C3CCCN3C(=O)CN)n2)cc1. The standard InChI is InChI=1S/C17H20N4O3/c1-23-12-4-6-13(7-5-12)24-16-11-19-10-14(20-16)15-3-2-8-21(15)17(22)9-18/h4-7,10-11,15H,2-3,8-9,18H2,1H3. The van der Waals surface area contributed by atoms with E-state index in [4.69, 9.17) is 15.2 Å². The van der Waals surface area contributed by atoms with Crippen LogP contribution in [0, 0.1) is 0 Å². The largest absolute Gasteiger partial charge is 0.497 e. The van der Waals surface area contributed by atoms with Gasteiger partial charge < -0.3 is 20.1 Å². The molecule has 3 rings (SSSR count). The number of carbonyl (C=O) groups is 1. The van der Waals surface area contributed by atoms with Crippen LogP contribution < -0.4 is 15.2 Å². The highest BCUT2D eigenvalue weighted by atomic mass is 16.5. The lowest BCUT2D eigenvalue weighted by Crippen LogP contribution is -2.35. The van der Waals surface area contributed by atoms with Crippen molar-refractivity contribution in [1.82, 2.24) is 14.9 Å². The molecule has 1 amide bonds. The van der Waals surface area contributed by atoms with Gasteiger partial charge in [0.2, 0.25) is 11.8 Å². The van der Waals surface area contributed by atoms with Gasteiger partial charge in [-0.3, -0.25) is 9.78 Å². The van der Waals surface area contributed by atoms with Crippen molar-refractivity contribution in [2.24, 2.45) is 5.73 Å². The Morgan fingerprint density at radius 3 is 2.75 bits per heavy atom. The van der Waals surface area contributed by atoms with Crippen LogP contribution in [0.1, 0.15) is 24.6 Å². The van der Waals surface area contributed by atoms with E-state index >= 15 is 0 Å². The third-order valence-corrected chi connectivity index (χ3v) is 4.00. The molecule has 0 saturated carbocycles. The number of methoxy groups -OCH3 is 1. The topological polar surface area (TPSA) is 90.6 Å². The Morgan fingerprint density at radius 2 is 2.04 bits per heavy atom. The lowest BCUT2D eigenvalue weighted by Gasteiger charge is -2.23. The first-order valence-electron chi connectivity index (χ1n) is 7.84. The summed E-state index contributed by atoms with van der Waals surface area (Å²) in [7, 11) is 1.61. The highest BCUT2D eigenvalue weighted by Gasteiger charge is 2.30. The minimum Gasteiger partial charge on any atom is -0.497 e. The zero-order chi connectivity index (χ0) is 16.9.